The fraction of sp³-hybridized carbons (Fsp3) is 0.727. The van der Waals surface area contributed by atoms with Crippen molar-refractivity contribution in [2.75, 3.05) is 33.2 Å². The topological polar surface area (TPSA) is 28.2 Å². The van der Waals surface area contributed by atoms with Gasteiger partial charge in [0.25, 0.3) is 0 Å². The van der Waals surface area contributed by atoms with Gasteiger partial charge in [0.1, 0.15) is 0 Å². The average Bonchev–Trinajstić information content (AvgIpc) is 2.85. The summed E-state index contributed by atoms with van der Waals surface area (Å²) in [6, 6.07) is 0. The Kier molecular flexibility index (Phi) is 4.11. The van der Waals surface area contributed by atoms with Crippen LogP contribution in [0.3, 0.4) is 0 Å². The smallest absolute Gasteiger partial charge is 0.0937 e. The van der Waals surface area contributed by atoms with Gasteiger partial charge in [-0.3, -0.25) is 0 Å². The summed E-state index contributed by atoms with van der Waals surface area (Å²) >= 11 is 1.77. The van der Waals surface area contributed by atoms with Gasteiger partial charge in [-0.15, -0.1) is 11.3 Å². The summed E-state index contributed by atoms with van der Waals surface area (Å²) < 4.78 is 0. The first-order valence-electron chi connectivity index (χ1n) is 5.64. The van der Waals surface area contributed by atoms with Gasteiger partial charge in [0.15, 0.2) is 0 Å². The maximum atomic E-state index is 4.31. The lowest BCUT2D eigenvalue weighted by molar-refractivity contribution is 0.327. The third-order valence-corrected chi connectivity index (χ3v) is 3.83. The van der Waals surface area contributed by atoms with E-state index in [4.69, 9.17) is 0 Å². The molecule has 1 N–H and O–H groups in total. The molecule has 0 spiro atoms. The molecule has 1 saturated heterocycles. The Morgan fingerprint density at radius 2 is 2.60 bits per heavy atom. The Morgan fingerprint density at radius 3 is 3.33 bits per heavy atom. The molecule has 0 amide bonds. The molecule has 0 aromatic carbocycles. The van der Waals surface area contributed by atoms with Gasteiger partial charge in [0, 0.05) is 31.1 Å². The molecule has 0 radical (unpaired) electrons. The van der Waals surface area contributed by atoms with Crippen molar-refractivity contribution in [1.29, 1.82) is 0 Å². The SMILES string of the molecule is CNCC1CCN(CCc2nccs2)C1. The molecule has 1 atom stereocenters. The van der Waals surface area contributed by atoms with Crippen LogP contribution in [0.4, 0.5) is 0 Å². The molecule has 4 heteroatoms. The average molecular weight is 225 g/mol. The lowest BCUT2D eigenvalue weighted by atomic mass is 10.1. The highest BCUT2D eigenvalue weighted by atomic mass is 32.1. The van der Waals surface area contributed by atoms with E-state index in [0.29, 0.717) is 0 Å². The van der Waals surface area contributed by atoms with Crippen LogP contribution in [0.25, 0.3) is 0 Å². The number of hydrogen-bond acceptors (Lipinski definition) is 4. The Bertz CT molecular complexity index is 273. The Balaban J connectivity index is 1.69. The minimum Gasteiger partial charge on any atom is -0.319 e. The number of nitrogens with one attached hydrogen (secondary N) is 1. The van der Waals surface area contributed by atoms with Gasteiger partial charge in [0.2, 0.25) is 0 Å². The molecular formula is C11H19N3S. The van der Waals surface area contributed by atoms with Crippen molar-refractivity contribution >= 4 is 11.3 Å². The van der Waals surface area contributed by atoms with Crippen LogP contribution in [0.15, 0.2) is 11.6 Å². The second kappa shape index (κ2) is 5.58. The number of likely N-dealkylation sites (tertiary alicyclic amines) is 1. The van der Waals surface area contributed by atoms with Crippen molar-refractivity contribution in [2.45, 2.75) is 12.8 Å². The van der Waals surface area contributed by atoms with Crippen molar-refractivity contribution in [3.8, 4) is 0 Å². The Morgan fingerprint density at radius 1 is 1.67 bits per heavy atom. The van der Waals surface area contributed by atoms with E-state index in [2.05, 4.69) is 20.6 Å². The summed E-state index contributed by atoms with van der Waals surface area (Å²) in [5.41, 5.74) is 0. The molecule has 0 saturated carbocycles. The normalized spacial score (nSPS) is 22.3. The first-order chi connectivity index (χ1) is 7.38. The predicted molar refractivity (Wildman–Crippen MR) is 64.3 cm³/mol. The lowest BCUT2D eigenvalue weighted by Crippen LogP contribution is -2.26. The zero-order chi connectivity index (χ0) is 10.5. The predicted octanol–water partition coefficient (Wildman–Crippen LogP) is 1.23. The van der Waals surface area contributed by atoms with Gasteiger partial charge >= 0.3 is 0 Å². The van der Waals surface area contributed by atoms with Crippen molar-refractivity contribution in [2.24, 2.45) is 5.92 Å². The standard InChI is InChI=1S/C11H19N3S/c1-12-8-10-2-5-14(9-10)6-3-11-13-4-7-15-11/h4,7,10,12H,2-3,5-6,8-9H2,1H3. The molecule has 0 aliphatic carbocycles. The number of hydrogen-bond donors (Lipinski definition) is 1. The highest BCUT2D eigenvalue weighted by molar-refractivity contribution is 7.09. The summed E-state index contributed by atoms with van der Waals surface area (Å²) in [6.45, 7) is 4.85. The van der Waals surface area contributed by atoms with E-state index in [-0.39, 0.29) is 0 Å². The van der Waals surface area contributed by atoms with Crippen LogP contribution >= 0.6 is 11.3 Å². The number of aromatic nitrogens is 1. The summed E-state index contributed by atoms with van der Waals surface area (Å²) in [7, 11) is 2.04. The largest absolute Gasteiger partial charge is 0.319 e. The molecule has 2 heterocycles. The molecule has 1 unspecified atom stereocenters. The third kappa shape index (κ3) is 3.26. The zero-order valence-electron chi connectivity index (χ0n) is 9.28. The van der Waals surface area contributed by atoms with Gasteiger partial charge in [0.05, 0.1) is 5.01 Å². The molecule has 15 heavy (non-hydrogen) atoms. The van der Waals surface area contributed by atoms with Crippen LogP contribution in [-0.4, -0.2) is 43.1 Å². The molecule has 84 valence electrons. The molecule has 1 fully saturated rings. The first-order valence-corrected chi connectivity index (χ1v) is 6.52. The van der Waals surface area contributed by atoms with Crippen molar-refractivity contribution in [1.82, 2.24) is 15.2 Å². The molecule has 1 aliphatic rings. The maximum Gasteiger partial charge on any atom is 0.0937 e. The summed E-state index contributed by atoms with van der Waals surface area (Å²) in [4.78, 5) is 6.87. The van der Waals surface area contributed by atoms with E-state index in [1.54, 1.807) is 11.3 Å². The minimum absolute atomic E-state index is 0.853. The van der Waals surface area contributed by atoms with Gasteiger partial charge in [-0.2, -0.15) is 0 Å². The van der Waals surface area contributed by atoms with E-state index >= 15 is 0 Å². The molecule has 1 aliphatic heterocycles. The van der Waals surface area contributed by atoms with Crippen molar-refractivity contribution < 1.29 is 0 Å². The molecule has 1 aromatic rings. The molecule has 3 nitrogen and oxygen atoms in total. The number of thiazole rings is 1. The maximum absolute atomic E-state index is 4.31. The summed E-state index contributed by atoms with van der Waals surface area (Å²) in [6.07, 6.45) is 4.36. The van der Waals surface area contributed by atoms with E-state index < -0.39 is 0 Å². The van der Waals surface area contributed by atoms with Crippen molar-refractivity contribution in [3.63, 3.8) is 0 Å². The van der Waals surface area contributed by atoms with E-state index in [9.17, 15) is 0 Å². The number of nitrogens with zero attached hydrogens (tertiary/aromatic N) is 2. The molecular weight excluding hydrogens is 206 g/mol. The summed E-state index contributed by atoms with van der Waals surface area (Å²) in [5.74, 6) is 0.853. The van der Waals surface area contributed by atoms with Gasteiger partial charge in [-0.05, 0) is 32.5 Å². The monoisotopic (exact) mass is 225 g/mol. The van der Waals surface area contributed by atoms with Crippen LogP contribution in [0, 0.1) is 5.92 Å². The van der Waals surface area contributed by atoms with Crippen molar-refractivity contribution in [3.05, 3.63) is 16.6 Å². The van der Waals surface area contributed by atoms with Gasteiger partial charge < -0.3 is 10.2 Å². The highest BCUT2D eigenvalue weighted by Gasteiger charge is 2.21. The second-order valence-corrected chi connectivity index (χ2v) is 5.17. The van der Waals surface area contributed by atoms with E-state index in [1.165, 1.54) is 31.1 Å². The van der Waals surface area contributed by atoms with Crippen LogP contribution in [0.5, 0.6) is 0 Å². The summed E-state index contributed by atoms with van der Waals surface area (Å²) in [5, 5.41) is 6.59. The van der Waals surface area contributed by atoms with Crippen LogP contribution in [0.2, 0.25) is 0 Å². The van der Waals surface area contributed by atoms with Crippen LogP contribution in [-0.2, 0) is 6.42 Å². The fourth-order valence-corrected chi connectivity index (χ4v) is 2.81. The fourth-order valence-electron chi connectivity index (χ4n) is 2.20. The second-order valence-electron chi connectivity index (χ2n) is 4.19. The molecule has 2 rings (SSSR count). The van der Waals surface area contributed by atoms with Crippen LogP contribution < -0.4 is 5.32 Å². The third-order valence-electron chi connectivity index (χ3n) is 2.99. The van der Waals surface area contributed by atoms with E-state index in [0.717, 1.165) is 18.9 Å². The van der Waals surface area contributed by atoms with Gasteiger partial charge in [-0.25, -0.2) is 4.98 Å². The van der Waals surface area contributed by atoms with E-state index in [1.807, 2.05) is 13.2 Å². The first kappa shape index (κ1) is 11.0. The van der Waals surface area contributed by atoms with Gasteiger partial charge in [-0.1, -0.05) is 0 Å². The zero-order valence-corrected chi connectivity index (χ0v) is 10.1. The number of rotatable bonds is 5. The highest BCUT2D eigenvalue weighted by Crippen LogP contribution is 2.16. The van der Waals surface area contributed by atoms with Crippen LogP contribution in [0.1, 0.15) is 11.4 Å². The minimum atomic E-state index is 0.853. The Hall–Kier alpha value is -0.450. The molecule has 1 aromatic heterocycles. The Labute approximate surface area is 95.5 Å². The lowest BCUT2D eigenvalue weighted by Gasteiger charge is -2.14. The molecule has 0 bridgehead atoms. The quantitative estimate of drug-likeness (QED) is 0.817.